The van der Waals surface area contributed by atoms with Crippen LogP contribution >= 0.6 is 0 Å². The minimum Gasteiger partial charge on any atom is -0.389 e. The van der Waals surface area contributed by atoms with Crippen molar-refractivity contribution in [2.75, 3.05) is 25.1 Å². The third-order valence-electron chi connectivity index (χ3n) is 3.26. The maximum atomic E-state index is 13.9. The predicted octanol–water partition coefficient (Wildman–Crippen LogP) is 2.10. The zero-order chi connectivity index (χ0) is 12.4. The number of aliphatic hydroxyl groups is 1. The molecule has 2 atom stereocenters. The second-order valence-electron chi connectivity index (χ2n) is 4.45. The predicted molar refractivity (Wildman–Crippen MR) is 64.7 cm³/mol. The summed E-state index contributed by atoms with van der Waals surface area (Å²) in [6.07, 6.45) is 0.378. The Morgan fingerprint density at radius 2 is 2.29 bits per heavy atom. The molecule has 0 saturated carbocycles. The first-order valence-electron chi connectivity index (χ1n) is 5.87. The molecule has 1 aliphatic rings. The Morgan fingerprint density at radius 3 is 2.88 bits per heavy atom. The molecule has 1 N–H and O–H groups in total. The van der Waals surface area contributed by atoms with E-state index >= 15 is 0 Å². The summed E-state index contributed by atoms with van der Waals surface area (Å²) in [5.41, 5.74) is 1.16. The molecule has 0 bridgehead atoms. The van der Waals surface area contributed by atoms with E-state index in [4.69, 9.17) is 4.74 Å². The quantitative estimate of drug-likeness (QED) is 0.876. The molecule has 0 aromatic heterocycles. The van der Waals surface area contributed by atoms with Crippen molar-refractivity contribution in [1.29, 1.82) is 0 Å². The average molecular weight is 239 g/mol. The van der Waals surface area contributed by atoms with Crippen molar-refractivity contribution in [2.45, 2.75) is 25.6 Å². The SMILES string of the molecule is COC1CCN(c2c(F)cccc2[C@@H](C)O)C1. The minimum absolute atomic E-state index is 0.149. The lowest BCUT2D eigenvalue weighted by Gasteiger charge is -2.23. The van der Waals surface area contributed by atoms with Crippen LogP contribution in [0.3, 0.4) is 0 Å². The van der Waals surface area contributed by atoms with Gasteiger partial charge in [0.05, 0.1) is 17.9 Å². The highest BCUT2D eigenvalue weighted by Gasteiger charge is 2.26. The van der Waals surface area contributed by atoms with E-state index in [9.17, 15) is 9.50 Å². The third-order valence-corrected chi connectivity index (χ3v) is 3.26. The molecular formula is C13H18FNO2. The molecule has 1 fully saturated rings. The lowest BCUT2D eigenvalue weighted by Crippen LogP contribution is -2.24. The fraction of sp³-hybridized carbons (Fsp3) is 0.538. The highest BCUT2D eigenvalue weighted by molar-refractivity contribution is 5.56. The van der Waals surface area contributed by atoms with Gasteiger partial charge in [-0.15, -0.1) is 0 Å². The fourth-order valence-electron chi connectivity index (χ4n) is 2.33. The van der Waals surface area contributed by atoms with E-state index in [2.05, 4.69) is 0 Å². The number of hydrogen-bond donors (Lipinski definition) is 1. The molecule has 0 aliphatic carbocycles. The first kappa shape index (κ1) is 12.3. The van der Waals surface area contributed by atoms with Gasteiger partial charge in [0.15, 0.2) is 0 Å². The molecule has 1 saturated heterocycles. The van der Waals surface area contributed by atoms with Crippen LogP contribution in [-0.4, -0.2) is 31.4 Å². The van der Waals surface area contributed by atoms with Crippen LogP contribution in [0.4, 0.5) is 10.1 Å². The second kappa shape index (κ2) is 5.02. The maximum Gasteiger partial charge on any atom is 0.146 e. The second-order valence-corrected chi connectivity index (χ2v) is 4.45. The normalized spacial score (nSPS) is 21.9. The number of rotatable bonds is 3. The first-order chi connectivity index (χ1) is 8.13. The summed E-state index contributed by atoms with van der Waals surface area (Å²) < 4.78 is 19.2. The van der Waals surface area contributed by atoms with E-state index in [0.717, 1.165) is 13.0 Å². The number of halogens is 1. The van der Waals surface area contributed by atoms with E-state index in [-0.39, 0.29) is 11.9 Å². The standard InChI is InChI=1S/C13H18FNO2/c1-9(16)11-4-3-5-12(14)13(11)15-7-6-10(8-15)17-2/h3-5,9-10,16H,6-8H2,1-2H3/t9-,10?/m1/s1. The molecule has 1 aromatic carbocycles. The van der Waals surface area contributed by atoms with Gasteiger partial charge in [-0.3, -0.25) is 0 Å². The lowest BCUT2D eigenvalue weighted by atomic mass is 10.1. The van der Waals surface area contributed by atoms with Crippen molar-refractivity contribution in [3.63, 3.8) is 0 Å². The number of benzene rings is 1. The molecule has 1 aliphatic heterocycles. The lowest BCUT2D eigenvalue weighted by molar-refractivity contribution is 0.121. The van der Waals surface area contributed by atoms with Gasteiger partial charge in [0.2, 0.25) is 0 Å². The van der Waals surface area contributed by atoms with Gasteiger partial charge in [-0.05, 0) is 19.4 Å². The van der Waals surface area contributed by atoms with Crippen LogP contribution in [0.5, 0.6) is 0 Å². The Morgan fingerprint density at radius 1 is 1.53 bits per heavy atom. The van der Waals surface area contributed by atoms with Crippen molar-refractivity contribution in [2.24, 2.45) is 0 Å². The minimum atomic E-state index is -0.665. The summed E-state index contributed by atoms with van der Waals surface area (Å²) >= 11 is 0. The zero-order valence-corrected chi connectivity index (χ0v) is 10.2. The summed E-state index contributed by atoms with van der Waals surface area (Å²) in [7, 11) is 1.67. The van der Waals surface area contributed by atoms with Gasteiger partial charge < -0.3 is 14.7 Å². The van der Waals surface area contributed by atoms with Crippen LogP contribution in [0, 0.1) is 5.82 Å². The Balaban J connectivity index is 2.31. The molecule has 4 heteroatoms. The van der Waals surface area contributed by atoms with Gasteiger partial charge in [0, 0.05) is 25.8 Å². The van der Waals surface area contributed by atoms with Crippen LogP contribution in [0.2, 0.25) is 0 Å². The molecule has 1 heterocycles. The third kappa shape index (κ3) is 2.42. The van der Waals surface area contributed by atoms with Crippen molar-refractivity contribution >= 4 is 5.69 Å². The number of ether oxygens (including phenoxy) is 1. The number of anilines is 1. The molecular weight excluding hydrogens is 221 g/mol. The van der Waals surface area contributed by atoms with Gasteiger partial charge in [-0.2, -0.15) is 0 Å². The van der Waals surface area contributed by atoms with Gasteiger partial charge in [-0.1, -0.05) is 12.1 Å². The molecule has 0 radical (unpaired) electrons. The Kier molecular flexibility index (Phi) is 3.64. The van der Waals surface area contributed by atoms with Crippen molar-refractivity contribution in [1.82, 2.24) is 0 Å². The van der Waals surface area contributed by atoms with Crippen LogP contribution in [-0.2, 0) is 4.74 Å². The van der Waals surface area contributed by atoms with E-state index in [1.54, 1.807) is 26.2 Å². The molecule has 3 nitrogen and oxygen atoms in total. The Hall–Kier alpha value is -1.13. The smallest absolute Gasteiger partial charge is 0.146 e. The number of aliphatic hydroxyl groups excluding tert-OH is 1. The number of hydrogen-bond acceptors (Lipinski definition) is 3. The highest BCUT2D eigenvalue weighted by Crippen LogP contribution is 2.32. The van der Waals surface area contributed by atoms with Crippen molar-refractivity contribution in [3.8, 4) is 0 Å². The zero-order valence-electron chi connectivity index (χ0n) is 10.2. The van der Waals surface area contributed by atoms with Crippen LogP contribution in [0.25, 0.3) is 0 Å². The summed E-state index contributed by atoms with van der Waals surface area (Å²) in [4.78, 5) is 1.95. The average Bonchev–Trinajstić information content (AvgIpc) is 2.76. The molecule has 17 heavy (non-hydrogen) atoms. The summed E-state index contributed by atoms with van der Waals surface area (Å²) in [6.45, 7) is 3.10. The van der Waals surface area contributed by atoms with Gasteiger partial charge in [0.25, 0.3) is 0 Å². The fourth-order valence-corrected chi connectivity index (χ4v) is 2.33. The molecule has 94 valence electrons. The Labute approximate surface area is 101 Å². The van der Waals surface area contributed by atoms with Crippen molar-refractivity contribution < 1.29 is 14.2 Å². The summed E-state index contributed by atoms with van der Waals surface area (Å²) in [5, 5.41) is 9.69. The van der Waals surface area contributed by atoms with E-state index in [1.807, 2.05) is 4.90 Å². The van der Waals surface area contributed by atoms with E-state index < -0.39 is 6.10 Å². The highest BCUT2D eigenvalue weighted by atomic mass is 19.1. The number of methoxy groups -OCH3 is 1. The largest absolute Gasteiger partial charge is 0.389 e. The summed E-state index contributed by atoms with van der Waals surface area (Å²) in [5.74, 6) is -0.278. The van der Waals surface area contributed by atoms with E-state index in [1.165, 1.54) is 6.07 Å². The topological polar surface area (TPSA) is 32.7 Å². The maximum absolute atomic E-state index is 13.9. The van der Waals surface area contributed by atoms with Gasteiger partial charge >= 0.3 is 0 Å². The van der Waals surface area contributed by atoms with Crippen LogP contribution in [0.1, 0.15) is 25.0 Å². The van der Waals surface area contributed by atoms with E-state index in [0.29, 0.717) is 17.8 Å². The molecule has 2 rings (SSSR count). The van der Waals surface area contributed by atoms with Crippen LogP contribution in [0.15, 0.2) is 18.2 Å². The molecule has 1 unspecified atom stereocenters. The molecule has 0 amide bonds. The van der Waals surface area contributed by atoms with Crippen molar-refractivity contribution in [3.05, 3.63) is 29.6 Å². The first-order valence-corrected chi connectivity index (χ1v) is 5.87. The van der Waals surface area contributed by atoms with Gasteiger partial charge in [0.1, 0.15) is 5.82 Å². The number of nitrogens with zero attached hydrogens (tertiary/aromatic N) is 1. The summed E-state index contributed by atoms with van der Waals surface area (Å²) in [6, 6.07) is 4.83. The molecule has 1 aromatic rings. The van der Waals surface area contributed by atoms with Gasteiger partial charge in [-0.25, -0.2) is 4.39 Å². The monoisotopic (exact) mass is 239 g/mol. The Bertz CT molecular complexity index is 395. The molecule has 0 spiro atoms. The van der Waals surface area contributed by atoms with Crippen LogP contribution < -0.4 is 4.90 Å². The number of para-hydroxylation sites is 1.